The summed E-state index contributed by atoms with van der Waals surface area (Å²) in [5, 5.41) is 14.6. The molecule has 1 fully saturated rings. The molecule has 3 atom stereocenters. The van der Waals surface area contributed by atoms with E-state index in [1.165, 1.54) is 0 Å². The van der Waals surface area contributed by atoms with E-state index in [-0.39, 0.29) is 24.3 Å². The van der Waals surface area contributed by atoms with Crippen LogP contribution in [0.4, 0.5) is 14.9 Å². The summed E-state index contributed by atoms with van der Waals surface area (Å²) in [6.45, 7) is 0.403. The summed E-state index contributed by atoms with van der Waals surface area (Å²) in [4.78, 5) is 22.5. The van der Waals surface area contributed by atoms with Crippen molar-refractivity contribution in [3.8, 4) is 0 Å². The lowest BCUT2D eigenvalue weighted by Gasteiger charge is -2.20. The van der Waals surface area contributed by atoms with Gasteiger partial charge in [-0.2, -0.15) is 0 Å². The number of allylic oxidation sites excluding steroid dienone is 2. The van der Waals surface area contributed by atoms with E-state index >= 15 is 0 Å². The number of nitrogens with one attached hydrogen (secondary N) is 2. The van der Waals surface area contributed by atoms with Crippen LogP contribution >= 0.6 is 11.6 Å². The second kappa shape index (κ2) is 10.2. The molecule has 1 aromatic carbocycles. The molecule has 3 N–H and O–H groups in total. The maximum absolute atomic E-state index is 14.1. The molecule has 142 valence electrons. The lowest BCUT2D eigenvalue weighted by Crippen LogP contribution is -2.35. The minimum absolute atomic E-state index is 0.0687. The molecule has 1 aliphatic carbocycles. The maximum atomic E-state index is 14.1. The van der Waals surface area contributed by atoms with E-state index in [2.05, 4.69) is 10.6 Å². The van der Waals surface area contributed by atoms with Crippen LogP contribution in [0.15, 0.2) is 36.4 Å². The van der Waals surface area contributed by atoms with Gasteiger partial charge in [0.1, 0.15) is 6.17 Å². The predicted molar refractivity (Wildman–Crippen MR) is 100 cm³/mol. The summed E-state index contributed by atoms with van der Waals surface area (Å²) in [5.74, 6) is -0.923. The van der Waals surface area contributed by atoms with Crippen molar-refractivity contribution in [3.63, 3.8) is 0 Å². The lowest BCUT2D eigenvalue weighted by molar-refractivity contribution is -0.136. The Labute approximate surface area is 157 Å². The van der Waals surface area contributed by atoms with Crippen LogP contribution in [0.1, 0.15) is 32.1 Å². The zero-order chi connectivity index (χ0) is 18.9. The van der Waals surface area contributed by atoms with Crippen LogP contribution in [0.5, 0.6) is 0 Å². The molecule has 0 spiro atoms. The number of alkyl halides is 1. The first-order valence-corrected chi connectivity index (χ1v) is 9.14. The molecule has 0 heterocycles. The number of benzene rings is 1. The quantitative estimate of drug-likeness (QED) is 0.573. The van der Waals surface area contributed by atoms with Crippen molar-refractivity contribution >= 4 is 29.3 Å². The van der Waals surface area contributed by atoms with Crippen LogP contribution in [0, 0.1) is 11.8 Å². The van der Waals surface area contributed by atoms with Crippen molar-refractivity contribution in [2.45, 2.75) is 38.3 Å². The molecule has 2 rings (SSSR count). The number of hydrogen-bond acceptors (Lipinski definition) is 2. The molecule has 2 amide bonds. The number of anilines is 1. The largest absolute Gasteiger partial charge is 0.481 e. The highest BCUT2D eigenvalue weighted by atomic mass is 35.5. The minimum atomic E-state index is -0.887. The average molecular weight is 383 g/mol. The van der Waals surface area contributed by atoms with E-state index in [0.717, 1.165) is 6.42 Å². The summed E-state index contributed by atoms with van der Waals surface area (Å²) in [6.07, 6.45) is 5.06. The molecular formula is C19H24ClFN2O3. The summed E-state index contributed by atoms with van der Waals surface area (Å²) in [6, 6.07) is 6.52. The number of rotatable bonds is 8. The van der Waals surface area contributed by atoms with Crippen molar-refractivity contribution in [2.75, 3.05) is 11.9 Å². The Balaban J connectivity index is 1.77. The van der Waals surface area contributed by atoms with E-state index in [1.807, 2.05) is 6.08 Å². The predicted octanol–water partition coefficient (Wildman–Crippen LogP) is 4.64. The Hall–Kier alpha value is -2.08. The first kappa shape index (κ1) is 20.2. The van der Waals surface area contributed by atoms with Crippen LogP contribution in [0.2, 0.25) is 5.02 Å². The van der Waals surface area contributed by atoms with Gasteiger partial charge in [0.15, 0.2) is 0 Å². The van der Waals surface area contributed by atoms with Gasteiger partial charge in [-0.1, -0.05) is 29.8 Å². The van der Waals surface area contributed by atoms with Crippen molar-refractivity contribution in [2.24, 2.45) is 11.8 Å². The Kier molecular flexibility index (Phi) is 7.91. The number of aliphatic carboxylic acids is 1. The van der Waals surface area contributed by atoms with Gasteiger partial charge in [0.2, 0.25) is 0 Å². The molecule has 0 aromatic heterocycles. The number of urea groups is 1. The topological polar surface area (TPSA) is 78.4 Å². The standard InChI is InChI=1S/C19H24ClFN2O3/c20-14-5-4-6-15(11-14)23-19(26)22-12-13-9-10-17(21)16(13)7-2-1-3-8-18(24)25/h1-2,4-6,11,13,16-17H,3,7-10,12H2,(H,24,25)(H2,22,23,26)/b2-1-/t13-,16-,17-/m1/s1. The second-order valence-corrected chi connectivity index (χ2v) is 6.94. The van der Waals surface area contributed by atoms with E-state index in [9.17, 15) is 14.0 Å². The summed E-state index contributed by atoms with van der Waals surface area (Å²) >= 11 is 5.88. The third kappa shape index (κ3) is 6.67. The summed E-state index contributed by atoms with van der Waals surface area (Å²) in [7, 11) is 0. The molecule has 26 heavy (non-hydrogen) atoms. The zero-order valence-electron chi connectivity index (χ0n) is 14.5. The van der Waals surface area contributed by atoms with Gasteiger partial charge in [-0.05, 0) is 55.7 Å². The molecule has 0 saturated heterocycles. The highest BCUT2D eigenvalue weighted by Crippen LogP contribution is 2.36. The number of amides is 2. The summed E-state index contributed by atoms with van der Waals surface area (Å²) < 4.78 is 14.1. The first-order valence-electron chi connectivity index (χ1n) is 8.77. The number of carboxylic acids is 1. The smallest absolute Gasteiger partial charge is 0.319 e. The molecule has 0 unspecified atom stereocenters. The maximum Gasteiger partial charge on any atom is 0.319 e. The molecular weight excluding hydrogens is 359 g/mol. The molecule has 0 aliphatic heterocycles. The van der Waals surface area contributed by atoms with Crippen molar-refractivity contribution in [1.29, 1.82) is 0 Å². The van der Waals surface area contributed by atoms with Crippen LogP contribution < -0.4 is 10.6 Å². The Morgan fingerprint density at radius 1 is 1.31 bits per heavy atom. The minimum Gasteiger partial charge on any atom is -0.481 e. The van der Waals surface area contributed by atoms with Crippen LogP contribution in [0.3, 0.4) is 0 Å². The van der Waals surface area contributed by atoms with Crippen LogP contribution in [-0.2, 0) is 4.79 Å². The highest BCUT2D eigenvalue weighted by molar-refractivity contribution is 6.30. The van der Waals surface area contributed by atoms with Crippen LogP contribution in [0.25, 0.3) is 0 Å². The SMILES string of the molecule is O=C(O)CC/C=C\C[C@@H]1[C@@H](CNC(=O)Nc2cccc(Cl)c2)CC[C@H]1F. The van der Waals surface area contributed by atoms with E-state index < -0.39 is 12.1 Å². The molecule has 1 aromatic rings. The molecule has 0 radical (unpaired) electrons. The normalized spacial score (nSPS) is 22.5. The number of hydrogen-bond donors (Lipinski definition) is 3. The van der Waals surface area contributed by atoms with Gasteiger partial charge in [0.25, 0.3) is 0 Å². The third-order valence-electron chi connectivity index (χ3n) is 4.59. The fourth-order valence-electron chi connectivity index (χ4n) is 3.23. The molecule has 1 aliphatic rings. The third-order valence-corrected chi connectivity index (χ3v) is 4.83. The van der Waals surface area contributed by atoms with Gasteiger partial charge in [0, 0.05) is 23.7 Å². The van der Waals surface area contributed by atoms with Gasteiger partial charge in [-0.25, -0.2) is 9.18 Å². The fourth-order valence-corrected chi connectivity index (χ4v) is 3.42. The number of carbonyl (C=O) groups is 2. The highest BCUT2D eigenvalue weighted by Gasteiger charge is 2.35. The molecule has 0 bridgehead atoms. The molecule has 7 heteroatoms. The van der Waals surface area contributed by atoms with E-state index in [4.69, 9.17) is 16.7 Å². The molecule has 1 saturated carbocycles. The average Bonchev–Trinajstić information content (AvgIpc) is 2.92. The van der Waals surface area contributed by atoms with E-state index in [0.29, 0.717) is 36.5 Å². The second-order valence-electron chi connectivity index (χ2n) is 6.50. The number of halogens is 2. The Bertz CT molecular complexity index is 653. The van der Waals surface area contributed by atoms with Gasteiger partial charge in [-0.15, -0.1) is 0 Å². The lowest BCUT2D eigenvalue weighted by atomic mass is 9.91. The summed E-state index contributed by atoms with van der Waals surface area (Å²) in [5.41, 5.74) is 0.600. The number of carboxylic acid groups (broad SMARTS) is 1. The van der Waals surface area contributed by atoms with Crippen molar-refractivity contribution in [1.82, 2.24) is 5.32 Å². The number of carbonyl (C=O) groups excluding carboxylic acids is 1. The molecule has 5 nitrogen and oxygen atoms in total. The first-order chi connectivity index (χ1) is 12.5. The van der Waals surface area contributed by atoms with Crippen molar-refractivity contribution < 1.29 is 19.1 Å². The van der Waals surface area contributed by atoms with Gasteiger partial charge in [-0.3, -0.25) is 4.79 Å². The zero-order valence-corrected chi connectivity index (χ0v) is 15.2. The Morgan fingerprint density at radius 2 is 2.12 bits per heavy atom. The van der Waals surface area contributed by atoms with Gasteiger partial charge < -0.3 is 15.7 Å². The fraction of sp³-hybridized carbons (Fsp3) is 0.474. The van der Waals surface area contributed by atoms with Gasteiger partial charge >= 0.3 is 12.0 Å². The monoisotopic (exact) mass is 382 g/mol. The van der Waals surface area contributed by atoms with Crippen LogP contribution in [-0.4, -0.2) is 29.8 Å². The van der Waals surface area contributed by atoms with E-state index in [1.54, 1.807) is 30.3 Å². The van der Waals surface area contributed by atoms with Crippen molar-refractivity contribution in [3.05, 3.63) is 41.4 Å². The van der Waals surface area contributed by atoms with Gasteiger partial charge in [0.05, 0.1) is 0 Å². The Morgan fingerprint density at radius 3 is 2.85 bits per heavy atom.